The Morgan fingerprint density at radius 3 is 2.34 bits per heavy atom. The van der Waals surface area contributed by atoms with Crippen LogP contribution in [-0.4, -0.2) is 88.6 Å². The van der Waals surface area contributed by atoms with Crippen molar-refractivity contribution in [2.75, 3.05) is 57.8 Å². The number of ether oxygens (including phenoxy) is 1. The number of carbonyl (C=O) groups is 1. The van der Waals surface area contributed by atoms with Gasteiger partial charge in [0.25, 0.3) is 0 Å². The number of likely N-dealkylation sites (tertiary alicyclic amines) is 2. The van der Waals surface area contributed by atoms with E-state index in [-0.39, 0.29) is 11.4 Å². The van der Waals surface area contributed by atoms with Crippen LogP contribution in [0.2, 0.25) is 0 Å². The molecule has 2 aromatic rings. The first kappa shape index (κ1) is 26.3. The zero-order valence-corrected chi connectivity index (χ0v) is 22.3. The van der Waals surface area contributed by atoms with E-state index in [2.05, 4.69) is 14.9 Å². The summed E-state index contributed by atoms with van der Waals surface area (Å²) in [4.78, 5) is 29.0. The first-order valence-corrected chi connectivity index (χ1v) is 13.6. The van der Waals surface area contributed by atoms with Crippen LogP contribution in [0.3, 0.4) is 0 Å². The number of carboxylic acid groups (broad SMARTS) is 1. The van der Waals surface area contributed by atoms with Gasteiger partial charge in [-0.05, 0) is 62.9 Å². The summed E-state index contributed by atoms with van der Waals surface area (Å²) in [5, 5.41) is 25.2. The molecule has 3 saturated heterocycles. The van der Waals surface area contributed by atoms with Gasteiger partial charge in [-0.25, -0.2) is 4.79 Å². The lowest BCUT2D eigenvalue weighted by molar-refractivity contribution is -0.385. The van der Waals surface area contributed by atoms with Crippen LogP contribution in [0.15, 0.2) is 24.5 Å². The van der Waals surface area contributed by atoms with Crippen molar-refractivity contribution in [2.24, 2.45) is 18.4 Å². The summed E-state index contributed by atoms with van der Waals surface area (Å²) in [6.45, 7) is 6.40. The fraction of sp³-hybridized carbons (Fsp3) is 0.630. The van der Waals surface area contributed by atoms with Gasteiger partial charge in [0.15, 0.2) is 5.75 Å². The SMILES string of the molecule is COc1cc(N2CCC3(CCN(CC4CCN(C(=O)O)CC4)CC3)CC2)c(-c2cnn(C)c2)cc1[N+](=O)[O-]. The van der Waals surface area contributed by atoms with Gasteiger partial charge in [0, 0.05) is 74.9 Å². The molecule has 0 atom stereocenters. The molecular formula is C27H38N6O5. The number of aromatic nitrogens is 2. The summed E-state index contributed by atoms with van der Waals surface area (Å²) in [5.41, 5.74) is 2.94. The highest BCUT2D eigenvalue weighted by Crippen LogP contribution is 2.46. The average molecular weight is 527 g/mol. The van der Waals surface area contributed by atoms with Crippen molar-refractivity contribution in [1.82, 2.24) is 19.6 Å². The molecule has 1 aromatic carbocycles. The van der Waals surface area contributed by atoms with Gasteiger partial charge in [0.1, 0.15) is 0 Å². The number of methoxy groups -OCH3 is 1. The lowest BCUT2D eigenvalue weighted by atomic mass is 9.71. The van der Waals surface area contributed by atoms with E-state index in [1.165, 1.54) is 24.9 Å². The highest BCUT2D eigenvalue weighted by atomic mass is 16.6. The van der Waals surface area contributed by atoms with Gasteiger partial charge < -0.3 is 24.5 Å². The topological polar surface area (TPSA) is 117 Å². The monoisotopic (exact) mass is 526 g/mol. The smallest absolute Gasteiger partial charge is 0.407 e. The number of nitro benzene ring substituents is 1. The molecule has 1 N–H and O–H groups in total. The van der Waals surface area contributed by atoms with Crippen LogP contribution >= 0.6 is 0 Å². The fourth-order valence-corrected chi connectivity index (χ4v) is 6.52. The Morgan fingerprint density at radius 2 is 1.79 bits per heavy atom. The van der Waals surface area contributed by atoms with E-state index in [0.717, 1.165) is 75.2 Å². The van der Waals surface area contributed by atoms with E-state index < -0.39 is 11.0 Å². The molecule has 5 rings (SSSR count). The molecule has 0 bridgehead atoms. The number of hydrogen-bond acceptors (Lipinski definition) is 7. The Labute approximate surface area is 223 Å². The van der Waals surface area contributed by atoms with Gasteiger partial charge in [-0.15, -0.1) is 0 Å². The van der Waals surface area contributed by atoms with Gasteiger partial charge in [0.2, 0.25) is 0 Å². The second kappa shape index (κ2) is 10.8. The maximum atomic E-state index is 11.7. The molecule has 1 aromatic heterocycles. The average Bonchev–Trinajstić information content (AvgIpc) is 3.36. The number of nitro groups is 1. The van der Waals surface area contributed by atoms with Crippen LogP contribution in [0.25, 0.3) is 11.1 Å². The molecule has 4 heterocycles. The largest absolute Gasteiger partial charge is 0.490 e. The van der Waals surface area contributed by atoms with Crippen molar-refractivity contribution in [3.8, 4) is 16.9 Å². The maximum Gasteiger partial charge on any atom is 0.407 e. The van der Waals surface area contributed by atoms with Crippen molar-refractivity contribution in [2.45, 2.75) is 38.5 Å². The molecule has 3 aliphatic heterocycles. The first-order chi connectivity index (χ1) is 18.3. The molecule has 3 fully saturated rings. The molecule has 206 valence electrons. The predicted molar refractivity (Wildman–Crippen MR) is 144 cm³/mol. The molecule has 0 saturated carbocycles. The third kappa shape index (κ3) is 5.43. The molecule has 0 aliphatic carbocycles. The lowest BCUT2D eigenvalue weighted by Gasteiger charge is -2.48. The normalized spacial score (nSPS) is 20.6. The summed E-state index contributed by atoms with van der Waals surface area (Å²) in [6.07, 6.45) is 9.34. The van der Waals surface area contributed by atoms with Crippen molar-refractivity contribution >= 4 is 17.5 Å². The number of nitrogens with zero attached hydrogens (tertiary/aromatic N) is 6. The van der Waals surface area contributed by atoms with Gasteiger partial charge >= 0.3 is 11.8 Å². The minimum Gasteiger partial charge on any atom is -0.490 e. The van der Waals surface area contributed by atoms with Crippen molar-refractivity contribution in [3.63, 3.8) is 0 Å². The molecule has 1 amide bonds. The minimum absolute atomic E-state index is 0.0374. The van der Waals surface area contributed by atoms with E-state index in [9.17, 15) is 20.0 Å². The number of amides is 1. The van der Waals surface area contributed by atoms with Gasteiger partial charge in [-0.2, -0.15) is 5.10 Å². The van der Waals surface area contributed by atoms with E-state index in [1.54, 1.807) is 16.9 Å². The summed E-state index contributed by atoms with van der Waals surface area (Å²) < 4.78 is 7.12. The first-order valence-electron chi connectivity index (χ1n) is 13.6. The Morgan fingerprint density at radius 1 is 1.13 bits per heavy atom. The summed E-state index contributed by atoms with van der Waals surface area (Å²) in [5.74, 6) is 0.866. The van der Waals surface area contributed by atoms with Crippen LogP contribution in [-0.2, 0) is 7.05 Å². The quantitative estimate of drug-likeness (QED) is 0.442. The molecule has 11 nitrogen and oxygen atoms in total. The molecule has 0 unspecified atom stereocenters. The van der Waals surface area contributed by atoms with Gasteiger partial charge in [-0.3, -0.25) is 14.8 Å². The third-order valence-electron chi connectivity index (χ3n) is 8.99. The molecule has 0 radical (unpaired) electrons. The molecule has 11 heteroatoms. The number of rotatable bonds is 6. The summed E-state index contributed by atoms with van der Waals surface area (Å²) in [6, 6.07) is 3.44. The molecular weight excluding hydrogens is 488 g/mol. The Kier molecular flexibility index (Phi) is 7.47. The van der Waals surface area contributed by atoms with E-state index in [4.69, 9.17) is 4.74 Å². The van der Waals surface area contributed by atoms with Gasteiger partial charge in [-0.1, -0.05) is 0 Å². The standard InChI is InChI=1S/C27H38N6O5/c1-29-19-21(17-28-29)22-15-24(33(36)37)25(38-2)16-23(22)31-13-7-27(8-14-31)5-11-30(12-6-27)18-20-3-9-32(10-4-20)26(34)35/h15-17,19-20H,3-14,18H2,1-2H3,(H,34,35). The van der Waals surface area contributed by atoms with E-state index >= 15 is 0 Å². The molecule has 1 spiro atoms. The lowest BCUT2D eigenvalue weighted by Crippen LogP contribution is -2.48. The summed E-state index contributed by atoms with van der Waals surface area (Å²) in [7, 11) is 3.32. The van der Waals surface area contributed by atoms with E-state index in [0.29, 0.717) is 24.4 Å². The fourth-order valence-electron chi connectivity index (χ4n) is 6.52. The zero-order chi connectivity index (χ0) is 26.9. The van der Waals surface area contributed by atoms with Crippen LogP contribution in [0.4, 0.5) is 16.2 Å². The summed E-state index contributed by atoms with van der Waals surface area (Å²) >= 11 is 0. The number of aryl methyl sites for hydroxylation is 1. The molecule has 3 aliphatic rings. The second-order valence-electron chi connectivity index (χ2n) is 11.2. The van der Waals surface area contributed by atoms with Gasteiger partial charge in [0.05, 0.1) is 18.2 Å². The third-order valence-corrected chi connectivity index (χ3v) is 8.99. The van der Waals surface area contributed by atoms with Crippen LogP contribution < -0.4 is 9.64 Å². The highest BCUT2D eigenvalue weighted by molar-refractivity contribution is 5.82. The van der Waals surface area contributed by atoms with Crippen LogP contribution in [0.5, 0.6) is 5.75 Å². The molecule has 38 heavy (non-hydrogen) atoms. The predicted octanol–water partition coefficient (Wildman–Crippen LogP) is 4.08. The van der Waals surface area contributed by atoms with Crippen molar-refractivity contribution < 1.29 is 19.6 Å². The Hall–Kier alpha value is -3.34. The number of anilines is 1. The van der Waals surface area contributed by atoms with Crippen molar-refractivity contribution in [1.29, 1.82) is 0 Å². The Balaban J connectivity index is 1.22. The second-order valence-corrected chi connectivity index (χ2v) is 11.2. The maximum absolute atomic E-state index is 11.7. The number of benzene rings is 1. The van der Waals surface area contributed by atoms with Crippen LogP contribution in [0.1, 0.15) is 38.5 Å². The number of piperidine rings is 3. The van der Waals surface area contributed by atoms with Crippen LogP contribution in [0, 0.1) is 21.4 Å². The Bertz CT molecular complexity index is 1160. The van der Waals surface area contributed by atoms with Crippen molar-refractivity contribution in [3.05, 3.63) is 34.6 Å². The van der Waals surface area contributed by atoms with E-state index in [1.807, 2.05) is 19.3 Å². The zero-order valence-electron chi connectivity index (χ0n) is 22.3. The highest BCUT2D eigenvalue weighted by Gasteiger charge is 2.39. The minimum atomic E-state index is -0.797. The number of hydrogen-bond donors (Lipinski definition) is 1.